The van der Waals surface area contributed by atoms with Crippen molar-refractivity contribution in [1.82, 2.24) is 15.2 Å². The van der Waals surface area contributed by atoms with Crippen molar-refractivity contribution in [3.63, 3.8) is 0 Å². The van der Waals surface area contributed by atoms with Gasteiger partial charge in [-0.2, -0.15) is 4.98 Å². The smallest absolute Gasteiger partial charge is 0.302 e. The third-order valence-corrected chi connectivity index (χ3v) is 4.91. The summed E-state index contributed by atoms with van der Waals surface area (Å²) < 4.78 is 5.67. The Hall–Kier alpha value is -2.08. The molecule has 0 radical (unpaired) electrons. The van der Waals surface area contributed by atoms with Gasteiger partial charge in [0, 0.05) is 6.04 Å². The van der Waals surface area contributed by atoms with E-state index in [-0.39, 0.29) is 0 Å². The van der Waals surface area contributed by atoms with E-state index in [1.165, 1.54) is 25.7 Å². The summed E-state index contributed by atoms with van der Waals surface area (Å²) in [6, 6.07) is 8.87. The van der Waals surface area contributed by atoms with E-state index in [9.17, 15) is 0 Å². The largest absolute Gasteiger partial charge is 0.423 e. The fraction of sp³-hybridized carbons (Fsp3) is 0.529. The van der Waals surface area contributed by atoms with Gasteiger partial charge in [0.25, 0.3) is 0 Å². The fourth-order valence-corrected chi connectivity index (χ4v) is 3.62. The zero-order chi connectivity index (χ0) is 15.6. The number of benzene rings is 1. The summed E-state index contributed by atoms with van der Waals surface area (Å²) in [6.45, 7) is 3.91. The maximum absolute atomic E-state index is 5.67. The highest BCUT2D eigenvalue weighted by molar-refractivity contribution is 5.93. The molecule has 4 rings (SSSR count). The first kappa shape index (κ1) is 14.5. The summed E-state index contributed by atoms with van der Waals surface area (Å²) in [5.41, 5.74) is 1.63. The third kappa shape index (κ3) is 3.03. The number of anilines is 1. The Kier molecular flexibility index (Phi) is 3.91. The van der Waals surface area contributed by atoms with Crippen LogP contribution in [0.3, 0.4) is 0 Å². The van der Waals surface area contributed by atoms with Crippen LogP contribution >= 0.6 is 0 Å². The molecule has 6 nitrogen and oxygen atoms in total. The monoisotopic (exact) mass is 313 g/mol. The van der Waals surface area contributed by atoms with Crippen molar-refractivity contribution in [3.8, 4) is 0 Å². The highest BCUT2D eigenvalue weighted by atomic mass is 16.4. The molecule has 0 bridgehead atoms. The minimum absolute atomic E-state index is 0.483. The van der Waals surface area contributed by atoms with Gasteiger partial charge in [-0.15, -0.1) is 0 Å². The minimum Gasteiger partial charge on any atom is -0.423 e. The van der Waals surface area contributed by atoms with Crippen LogP contribution in [-0.2, 0) is 0 Å². The number of nitrogens with zero attached hydrogens (tertiary/aromatic N) is 3. The van der Waals surface area contributed by atoms with E-state index >= 15 is 0 Å². The van der Waals surface area contributed by atoms with Gasteiger partial charge in [0.05, 0.1) is 13.3 Å². The van der Waals surface area contributed by atoms with Crippen LogP contribution in [0.2, 0.25) is 0 Å². The van der Waals surface area contributed by atoms with Gasteiger partial charge in [-0.25, -0.2) is 4.99 Å². The standard InChI is InChI=1S/C17H23N5O/c1-12-6-2-4-8-14(12)22-10-18-16(19-11-22)21-17-20-13-7-3-5-9-15(13)23-17/h3,5,7,9,12,14H,2,4,6,8,10-11H2,1H3,(H2,18,19,20,21). The number of oxazole rings is 1. The Morgan fingerprint density at radius 3 is 2.91 bits per heavy atom. The Balaban J connectivity index is 1.41. The number of aliphatic imine (C=N–C) groups is 1. The van der Waals surface area contributed by atoms with E-state index in [1.807, 2.05) is 24.3 Å². The number of hydrogen-bond donors (Lipinski definition) is 2. The summed E-state index contributed by atoms with van der Waals surface area (Å²) >= 11 is 0. The van der Waals surface area contributed by atoms with Crippen LogP contribution in [0, 0.1) is 5.92 Å². The predicted molar refractivity (Wildman–Crippen MR) is 91.2 cm³/mol. The van der Waals surface area contributed by atoms with Gasteiger partial charge in [0.15, 0.2) is 5.58 Å². The summed E-state index contributed by atoms with van der Waals surface area (Å²) in [5, 5.41) is 6.48. The normalized spacial score (nSPS) is 25.9. The molecule has 2 heterocycles. The van der Waals surface area contributed by atoms with E-state index < -0.39 is 0 Å². The van der Waals surface area contributed by atoms with Gasteiger partial charge >= 0.3 is 6.01 Å². The highest BCUT2D eigenvalue weighted by Crippen LogP contribution is 2.28. The lowest BCUT2D eigenvalue weighted by atomic mass is 9.85. The molecule has 1 saturated carbocycles. The Morgan fingerprint density at radius 1 is 1.26 bits per heavy atom. The quantitative estimate of drug-likeness (QED) is 0.892. The molecule has 1 fully saturated rings. The average Bonchev–Trinajstić information content (AvgIpc) is 2.98. The van der Waals surface area contributed by atoms with Crippen molar-refractivity contribution in [1.29, 1.82) is 0 Å². The maximum atomic E-state index is 5.67. The number of nitrogens with one attached hydrogen (secondary N) is 2. The van der Waals surface area contributed by atoms with Gasteiger partial charge < -0.3 is 9.73 Å². The van der Waals surface area contributed by atoms with Crippen molar-refractivity contribution in [2.75, 3.05) is 18.7 Å². The number of para-hydroxylation sites is 2. The van der Waals surface area contributed by atoms with Crippen LogP contribution in [-0.4, -0.2) is 35.2 Å². The van der Waals surface area contributed by atoms with E-state index in [1.54, 1.807) is 0 Å². The topological polar surface area (TPSA) is 65.7 Å². The van der Waals surface area contributed by atoms with Crippen LogP contribution in [0.15, 0.2) is 33.7 Å². The predicted octanol–water partition coefficient (Wildman–Crippen LogP) is 2.99. The van der Waals surface area contributed by atoms with Gasteiger partial charge in [-0.1, -0.05) is 31.9 Å². The molecule has 122 valence electrons. The highest BCUT2D eigenvalue weighted by Gasteiger charge is 2.28. The molecule has 0 saturated heterocycles. The van der Waals surface area contributed by atoms with Crippen molar-refractivity contribution in [3.05, 3.63) is 24.3 Å². The molecule has 1 aromatic carbocycles. The van der Waals surface area contributed by atoms with Gasteiger partial charge in [0.1, 0.15) is 5.52 Å². The Labute approximate surface area is 136 Å². The SMILES string of the molecule is CC1CCCCC1N1CN=C(Nc2nc3ccccc3o2)NC1. The van der Waals surface area contributed by atoms with Crippen molar-refractivity contribution in [2.24, 2.45) is 10.9 Å². The number of hydrogen-bond acceptors (Lipinski definition) is 6. The lowest BCUT2D eigenvalue weighted by molar-refractivity contribution is 0.107. The second-order valence-electron chi connectivity index (χ2n) is 6.51. The van der Waals surface area contributed by atoms with Gasteiger partial charge in [-0.3, -0.25) is 10.2 Å². The van der Waals surface area contributed by atoms with Crippen LogP contribution < -0.4 is 10.6 Å². The summed E-state index contributed by atoms with van der Waals surface area (Å²) in [7, 11) is 0. The molecule has 2 N–H and O–H groups in total. The van der Waals surface area contributed by atoms with Crippen LogP contribution in [0.5, 0.6) is 0 Å². The molecule has 2 atom stereocenters. The molecule has 2 aromatic rings. The summed E-state index contributed by atoms with van der Waals surface area (Å²) in [4.78, 5) is 11.5. The van der Waals surface area contributed by atoms with Crippen molar-refractivity contribution in [2.45, 2.75) is 38.6 Å². The average molecular weight is 313 g/mol. The lowest BCUT2D eigenvalue weighted by Gasteiger charge is -2.39. The Bertz CT molecular complexity index is 677. The minimum atomic E-state index is 0.483. The van der Waals surface area contributed by atoms with Crippen LogP contribution in [0.25, 0.3) is 11.1 Å². The zero-order valence-corrected chi connectivity index (χ0v) is 13.5. The van der Waals surface area contributed by atoms with E-state index in [0.717, 1.165) is 36.3 Å². The first-order valence-electron chi connectivity index (χ1n) is 8.44. The molecule has 0 amide bonds. The molecule has 2 unspecified atom stereocenters. The molecule has 2 aliphatic rings. The van der Waals surface area contributed by atoms with E-state index in [4.69, 9.17) is 4.42 Å². The summed E-state index contributed by atoms with van der Waals surface area (Å²) in [5.74, 6) is 1.49. The lowest BCUT2D eigenvalue weighted by Crippen LogP contribution is -2.52. The second-order valence-corrected chi connectivity index (χ2v) is 6.51. The molecular formula is C17H23N5O. The van der Waals surface area contributed by atoms with Gasteiger partial charge in [-0.05, 0) is 30.9 Å². The van der Waals surface area contributed by atoms with E-state index in [2.05, 4.69) is 32.4 Å². The third-order valence-electron chi connectivity index (χ3n) is 4.91. The molecule has 1 aliphatic heterocycles. The molecular weight excluding hydrogens is 290 g/mol. The number of rotatable bonds is 2. The summed E-state index contributed by atoms with van der Waals surface area (Å²) in [6.07, 6.45) is 5.32. The van der Waals surface area contributed by atoms with Crippen molar-refractivity contribution < 1.29 is 4.42 Å². The number of fused-ring (bicyclic) bond motifs is 1. The fourth-order valence-electron chi connectivity index (χ4n) is 3.62. The van der Waals surface area contributed by atoms with Crippen molar-refractivity contribution >= 4 is 23.1 Å². The molecule has 23 heavy (non-hydrogen) atoms. The molecule has 6 heteroatoms. The van der Waals surface area contributed by atoms with Crippen LogP contribution in [0.4, 0.5) is 6.01 Å². The number of guanidine groups is 1. The molecule has 0 spiro atoms. The van der Waals surface area contributed by atoms with Gasteiger partial charge in [0.2, 0.25) is 5.96 Å². The molecule has 1 aromatic heterocycles. The Morgan fingerprint density at radius 2 is 2.13 bits per heavy atom. The first-order valence-corrected chi connectivity index (χ1v) is 8.44. The maximum Gasteiger partial charge on any atom is 0.302 e. The first-order chi connectivity index (χ1) is 11.3. The van der Waals surface area contributed by atoms with E-state index in [0.29, 0.717) is 12.1 Å². The second kappa shape index (κ2) is 6.20. The zero-order valence-electron chi connectivity index (χ0n) is 13.5. The van der Waals surface area contributed by atoms with Crippen LogP contribution in [0.1, 0.15) is 32.6 Å². The number of aromatic nitrogens is 1. The molecule has 1 aliphatic carbocycles.